The molecule has 6 nitrogen and oxygen atoms in total. The first-order chi connectivity index (χ1) is 14.3. The molecule has 30 heavy (non-hydrogen) atoms. The van der Waals surface area contributed by atoms with Crippen molar-refractivity contribution in [2.75, 3.05) is 5.75 Å². The van der Waals surface area contributed by atoms with Gasteiger partial charge in [0, 0.05) is 5.39 Å². The van der Waals surface area contributed by atoms with E-state index in [4.69, 9.17) is 16.7 Å². The SMILES string of the molecule is NS(=O)(=O)CCCCCc1nc(=O)n(-c2ccccc2Cl)c2cc(C3CC3)ccc12. The largest absolute Gasteiger partial charge is 0.352 e. The molecular formula is C22H24ClN3O3S. The van der Waals surface area contributed by atoms with E-state index in [9.17, 15) is 13.2 Å². The van der Waals surface area contributed by atoms with Gasteiger partial charge in [0.25, 0.3) is 0 Å². The van der Waals surface area contributed by atoms with Crippen molar-refractivity contribution >= 4 is 32.5 Å². The van der Waals surface area contributed by atoms with E-state index in [2.05, 4.69) is 17.1 Å². The molecule has 0 aliphatic heterocycles. The van der Waals surface area contributed by atoms with Gasteiger partial charge in [-0.05, 0) is 61.8 Å². The van der Waals surface area contributed by atoms with E-state index in [1.54, 1.807) is 10.6 Å². The van der Waals surface area contributed by atoms with Crippen LogP contribution in [-0.4, -0.2) is 23.7 Å². The Hall–Kier alpha value is -2.22. The van der Waals surface area contributed by atoms with Crippen molar-refractivity contribution < 1.29 is 8.42 Å². The minimum absolute atomic E-state index is 0.0278. The van der Waals surface area contributed by atoms with Gasteiger partial charge in [-0.25, -0.2) is 18.4 Å². The molecule has 3 aromatic rings. The zero-order valence-electron chi connectivity index (χ0n) is 16.6. The predicted molar refractivity (Wildman–Crippen MR) is 120 cm³/mol. The first-order valence-electron chi connectivity index (χ1n) is 10.1. The highest BCUT2D eigenvalue weighted by Crippen LogP contribution is 2.41. The van der Waals surface area contributed by atoms with Crippen LogP contribution >= 0.6 is 11.6 Å². The molecule has 158 valence electrons. The Balaban J connectivity index is 1.71. The smallest absolute Gasteiger partial charge is 0.259 e. The van der Waals surface area contributed by atoms with Crippen molar-refractivity contribution in [1.82, 2.24) is 9.55 Å². The van der Waals surface area contributed by atoms with Crippen LogP contribution in [0.3, 0.4) is 0 Å². The summed E-state index contributed by atoms with van der Waals surface area (Å²) in [5, 5.41) is 6.47. The lowest BCUT2D eigenvalue weighted by Gasteiger charge is -2.15. The van der Waals surface area contributed by atoms with Gasteiger partial charge in [-0.3, -0.25) is 4.57 Å². The summed E-state index contributed by atoms with van der Waals surface area (Å²) >= 11 is 6.39. The number of hydrogen-bond donors (Lipinski definition) is 1. The zero-order chi connectivity index (χ0) is 21.3. The number of fused-ring (bicyclic) bond motifs is 1. The van der Waals surface area contributed by atoms with Gasteiger partial charge in [-0.2, -0.15) is 4.98 Å². The number of aryl methyl sites for hydroxylation is 1. The summed E-state index contributed by atoms with van der Waals surface area (Å²) in [4.78, 5) is 17.4. The Bertz CT molecular complexity index is 1250. The Morgan fingerprint density at radius 2 is 1.87 bits per heavy atom. The van der Waals surface area contributed by atoms with Crippen molar-refractivity contribution in [2.24, 2.45) is 5.14 Å². The maximum absolute atomic E-state index is 13.0. The van der Waals surface area contributed by atoms with Crippen molar-refractivity contribution in [1.29, 1.82) is 0 Å². The molecule has 8 heteroatoms. The quantitative estimate of drug-likeness (QED) is 0.531. The number of aromatic nitrogens is 2. The van der Waals surface area contributed by atoms with Crippen molar-refractivity contribution in [2.45, 2.75) is 44.4 Å². The normalized spacial score (nSPS) is 14.3. The van der Waals surface area contributed by atoms with E-state index in [1.165, 1.54) is 18.4 Å². The first-order valence-corrected chi connectivity index (χ1v) is 12.2. The fourth-order valence-electron chi connectivity index (χ4n) is 3.81. The summed E-state index contributed by atoms with van der Waals surface area (Å²) in [5.41, 5.74) is 3.04. The molecule has 1 aliphatic carbocycles. The molecular weight excluding hydrogens is 422 g/mol. The molecule has 2 aromatic carbocycles. The third kappa shape index (κ3) is 4.74. The van der Waals surface area contributed by atoms with Gasteiger partial charge < -0.3 is 0 Å². The third-order valence-electron chi connectivity index (χ3n) is 5.48. The topological polar surface area (TPSA) is 95.1 Å². The molecule has 0 unspecified atom stereocenters. The summed E-state index contributed by atoms with van der Waals surface area (Å²) < 4.78 is 23.8. The van der Waals surface area contributed by atoms with Crippen LogP contribution in [0, 0.1) is 0 Å². The van der Waals surface area contributed by atoms with E-state index < -0.39 is 10.0 Å². The van der Waals surface area contributed by atoms with E-state index in [-0.39, 0.29) is 11.4 Å². The molecule has 1 heterocycles. The molecule has 4 rings (SSSR count). The predicted octanol–water partition coefficient (Wildman–Crippen LogP) is 3.92. The number of benzene rings is 2. The second-order valence-electron chi connectivity index (χ2n) is 7.86. The van der Waals surface area contributed by atoms with Gasteiger partial charge in [-0.1, -0.05) is 42.3 Å². The van der Waals surface area contributed by atoms with Gasteiger partial charge in [0.1, 0.15) is 0 Å². The summed E-state index contributed by atoms with van der Waals surface area (Å²) in [6.07, 6.45) is 4.88. The highest BCUT2D eigenvalue weighted by Gasteiger charge is 2.24. The fourth-order valence-corrected chi connectivity index (χ4v) is 4.63. The first kappa shape index (κ1) is 21.0. The second kappa shape index (κ2) is 8.49. The van der Waals surface area contributed by atoms with Crippen LogP contribution in [0.5, 0.6) is 0 Å². The van der Waals surface area contributed by atoms with E-state index >= 15 is 0 Å². The number of sulfonamides is 1. The third-order valence-corrected chi connectivity index (χ3v) is 6.66. The monoisotopic (exact) mass is 445 g/mol. The van der Waals surface area contributed by atoms with Crippen LogP contribution in [0.1, 0.15) is 49.3 Å². The van der Waals surface area contributed by atoms with Gasteiger partial charge in [0.15, 0.2) is 0 Å². The maximum atomic E-state index is 13.0. The molecule has 0 bridgehead atoms. The van der Waals surface area contributed by atoms with Crippen LogP contribution in [0.25, 0.3) is 16.6 Å². The molecule has 0 saturated heterocycles. The summed E-state index contributed by atoms with van der Waals surface area (Å²) in [7, 11) is -3.44. The van der Waals surface area contributed by atoms with Crippen LogP contribution in [0.4, 0.5) is 0 Å². The molecule has 1 fully saturated rings. The number of halogens is 1. The average molecular weight is 446 g/mol. The standard InChI is InChI=1S/C22H24ClN3O3S/c23-18-6-3-4-8-20(18)26-21-14-16(15-9-10-15)11-12-17(21)19(25-22(26)27)7-2-1-5-13-30(24,28)29/h3-4,6,8,11-12,14-15H,1-2,5,7,9-10,13H2,(H2,24,28,29). The number of rotatable bonds is 8. The van der Waals surface area contributed by atoms with Crippen LogP contribution < -0.4 is 10.8 Å². The fraction of sp³-hybridized carbons (Fsp3) is 0.364. The highest BCUT2D eigenvalue weighted by atomic mass is 35.5. The summed E-state index contributed by atoms with van der Waals surface area (Å²) in [6.45, 7) is 0. The molecule has 0 amide bonds. The Morgan fingerprint density at radius 1 is 1.10 bits per heavy atom. The van der Waals surface area contributed by atoms with Crippen LogP contribution in [0.15, 0.2) is 47.3 Å². The minimum atomic E-state index is -3.44. The minimum Gasteiger partial charge on any atom is -0.259 e. The van der Waals surface area contributed by atoms with Gasteiger partial charge in [0.2, 0.25) is 10.0 Å². The molecule has 2 N–H and O–H groups in total. The Kier molecular flexibility index (Phi) is 5.95. The van der Waals surface area contributed by atoms with Gasteiger partial charge in [-0.15, -0.1) is 0 Å². The summed E-state index contributed by atoms with van der Waals surface area (Å²) in [6, 6.07) is 13.5. The van der Waals surface area contributed by atoms with Crippen LogP contribution in [-0.2, 0) is 16.4 Å². The van der Waals surface area contributed by atoms with Crippen LogP contribution in [0.2, 0.25) is 5.02 Å². The number of unbranched alkanes of at least 4 members (excludes halogenated alkanes) is 2. The Morgan fingerprint density at radius 3 is 2.57 bits per heavy atom. The lowest BCUT2D eigenvalue weighted by atomic mass is 10.0. The highest BCUT2D eigenvalue weighted by molar-refractivity contribution is 7.89. The van der Waals surface area contributed by atoms with E-state index in [0.717, 1.165) is 23.0 Å². The molecule has 1 saturated carbocycles. The summed E-state index contributed by atoms with van der Waals surface area (Å²) in [5.74, 6) is 0.527. The van der Waals surface area contributed by atoms with E-state index in [1.807, 2.05) is 24.3 Å². The molecule has 1 aliphatic rings. The lowest BCUT2D eigenvalue weighted by molar-refractivity contribution is 0.591. The number of nitrogens with zero attached hydrogens (tertiary/aromatic N) is 2. The molecule has 1 aromatic heterocycles. The van der Waals surface area contributed by atoms with Gasteiger partial charge in [0.05, 0.1) is 27.7 Å². The van der Waals surface area contributed by atoms with E-state index in [0.29, 0.717) is 35.9 Å². The molecule has 0 atom stereocenters. The number of primary sulfonamides is 1. The Labute approximate surface area is 180 Å². The van der Waals surface area contributed by atoms with Crippen molar-refractivity contribution in [3.8, 4) is 5.69 Å². The second-order valence-corrected chi connectivity index (χ2v) is 10.00. The zero-order valence-corrected chi connectivity index (χ0v) is 18.1. The lowest BCUT2D eigenvalue weighted by Crippen LogP contribution is -2.24. The average Bonchev–Trinajstić information content (AvgIpc) is 3.53. The molecule has 0 radical (unpaired) electrons. The van der Waals surface area contributed by atoms with Gasteiger partial charge >= 0.3 is 5.69 Å². The van der Waals surface area contributed by atoms with Crippen molar-refractivity contribution in [3.05, 3.63) is 69.2 Å². The number of nitrogens with two attached hydrogens (primary N) is 1. The number of hydrogen-bond acceptors (Lipinski definition) is 4. The maximum Gasteiger partial charge on any atom is 0.352 e. The van der Waals surface area contributed by atoms with Crippen molar-refractivity contribution in [3.63, 3.8) is 0 Å². The molecule has 0 spiro atoms. The number of para-hydroxylation sites is 1.